The van der Waals surface area contributed by atoms with E-state index >= 15 is 0 Å². The highest BCUT2D eigenvalue weighted by Crippen LogP contribution is 2.20. The first kappa shape index (κ1) is 19.2. The van der Waals surface area contributed by atoms with Crippen molar-refractivity contribution in [1.82, 2.24) is 10.2 Å². The van der Waals surface area contributed by atoms with Gasteiger partial charge in [0.25, 0.3) is 5.91 Å². The van der Waals surface area contributed by atoms with Crippen LogP contribution in [0, 0.1) is 5.92 Å². The molecule has 0 spiro atoms. The number of benzene rings is 2. The van der Waals surface area contributed by atoms with Crippen molar-refractivity contribution < 1.29 is 14.3 Å². The number of amides is 2. The fraction of sp³-hybridized carbons (Fsp3) is 0.455. The van der Waals surface area contributed by atoms with E-state index in [9.17, 15) is 9.59 Å². The number of ether oxygens (including phenoxy) is 1. The third-order valence-corrected chi connectivity index (χ3v) is 4.83. The Balaban J connectivity index is 1.48. The lowest BCUT2D eigenvalue weighted by molar-refractivity contribution is 0.0183. The number of hydrogen-bond donors (Lipinski definition) is 1. The van der Waals surface area contributed by atoms with Crippen LogP contribution >= 0.6 is 0 Å². The number of nitrogens with one attached hydrogen (secondary N) is 1. The maximum Gasteiger partial charge on any atom is 0.410 e. The zero-order chi connectivity index (χ0) is 19.4. The van der Waals surface area contributed by atoms with E-state index in [0.29, 0.717) is 31.1 Å². The molecule has 1 fully saturated rings. The SMILES string of the molecule is CC(C)(C)OC(=O)N1CCC(CNC(=O)c2ccc3ccccc3c2)CC1. The largest absolute Gasteiger partial charge is 0.444 e. The first-order valence-electron chi connectivity index (χ1n) is 9.57. The van der Waals surface area contributed by atoms with E-state index in [2.05, 4.69) is 5.32 Å². The molecule has 1 aliphatic heterocycles. The first-order chi connectivity index (χ1) is 12.8. The van der Waals surface area contributed by atoms with Crippen LogP contribution < -0.4 is 5.32 Å². The molecule has 0 aromatic heterocycles. The van der Waals surface area contributed by atoms with Crippen molar-refractivity contribution in [3.8, 4) is 0 Å². The molecule has 0 bridgehead atoms. The van der Waals surface area contributed by atoms with Gasteiger partial charge in [-0.2, -0.15) is 0 Å². The Kier molecular flexibility index (Phi) is 5.68. The molecule has 1 heterocycles. The highest BCUT2D eigenvalue weighted by molar-refractivity contribution is 5.98. The molecule has 0 atom stereocenters. The zero-order valence-electron chi connectivity index (χ0n) is 16.3. The normalized spacial score (nSPS) is 15.6. The molecule has 0 unspecified atom stereocenters. The number of rotatable bonds is 3. The predicted octanol–water partition coefficient (Wildman–Crippen LogP) is 4.22. The number of carbonyl (C=O) groups is 2. The summed E-state index contributed by atoms with van der Waals surface area (Å²) in [6.45, 7) is 7.60. The van der Waals surface area contributed by atoms with Gasteiger partial charge in [-0.05, 0) is 62.4 Å². The molecule has 1 N–H and O–H groups in total. The van der Waals surface area contributed by atoms with Crippen LogP contribution in [0.5, 0.6) is 0 Å². The van der Waals surface area contributed by atoms with E-state index in [1.165, 1.54) is 0 Å². The van der Waals surface area contributed by atoms with E-state index < -0.39 is 5.60 Å². The molecule has 0 saturated carbocycles. The second-order valence-corrected chi connectivity index (χ2v) is 8.18. The molecule has 1 aliphatic rings. The molecular formula is C22H28N2O3. The van der Waals surface area contributed by atoms with Gasteiger partial charge in [-0.1, -0.05) is 30.3 Å². The lowest BCUT2D eigenvalue weighted by atomic mass is 9.97. The van der Waals surface area contributed by atoms with Crippen molar-refractivity contribution in [2.45, 2.75) is 39.2 Å². The molecule has 2 aromatic rings. The van der Waals surface area contributed by atoms with Gasteiger partial charge in [0, 0.05) is 25.2 Å². The second kappa shape index (κ2) is 7.99. The summed E-state index contributed by atoms with van der Waals surface area (Å²) >= 11 is 0. The van der Waals surface area contributed by atoms with E-state index in [4.69, 9.17) is 4.74 Å². The molecule has 2 aromatic carbocycles. The van der Waals surface area contributed by atoms with Gasteiger partial charge in [0.15, 0.2) is 0 Å². The Bertz CT molecular complexity index is 818. The highest BCUT2D eigenvalue weighted by Gasteiger charge is 2.27. The van der Waals surface area contributed by atoms with E-state index in [1.807, 2.05) is 63.2 Å². The van der Waals surface area contributed by atoms with Crippen LogP contribution in [-0.2, 0) is 4.74 Å². The quantitative estimate of drug-likeness (QED) is 0.882. The minimum Gasteiger partial charge on any atom is -0.444 e. The Morgan fingerprint density at radius 1 is 1.07 bits per heavy atom. The number of fused-ring (bicyclic) bond motifs is 1. The summed E-state index contributed by atoms with van der Waals surface area (Å²) < 4.78 is 5.42. The van der Waals surface area contributed by atoms with Crippen molar-refractivity contribution in [3.63, 3.8) is 0 Å². The van der Waals surface area contributed by atoms with Gasteiger partial charge in [-0.15, -0.1) is 0 Å². The van der Waals surface area contributed by atoms with Crippen molar-refractivity contribution in [2.75, 3.05) is 19.6 Å². The van der Waals surface area contributed by atoms with E-state index in [1.54, 1.807) is 4.90 Å². The summed E-state index contributed by atoms with van der Waals surface area (Å²) in [4.78, 5) is 26.3. The van der Waals surface area contributed by atoms with Gasteiger partial charge < -0.3 is 15.0 Å². The Morgan fingerprint density at radius 2 is 1.74 bits per heavy atom. The number of likely N-dealkylation sites (tertiary alicyclic amines) is 1. The summed E-state index contributed by atoms with van der Waals surface area (Å²) in [5.41, 5.74) is 0.210. The number of nitrogens with zero attached hydrogens (tertiary/aromatic N) is 1. The lowest BCUT2D eigenvalue weighted by Gasteiger charge is -2.33. The molecule has 144 valence electrons. The Morgan fingerprint density at radius 3 is 2.41 bits per heavy atom. The molecule has 5 nitrogen and oxygen atoms in total. The third-order valence-electron chi connectivity index (χ3n) is 4.83. The van der Waals surface area contributed by atoms with Crippen LogP contribution in [0.1, 0.15) is 44.0 Å². The maximum atomic E-state index is 12.5. The van der Waals surface area contributed by atoms with E-state index in [0.717, 1.165) is 23.6 Å². The second-order valence-electron chi connectivity index (χ2n) is 8.18. The van der Waals surface area contributed by atoms with Crippen LogP contribution in [0.2, 0.25) is 0 Å². The molecule has 3 rings (SSSR count). The molecular weight excluding hydrogens is 340 g/mol. The van der Waals surface area contributed by atoms with Gasteiger partial charge in [-0.3, -0.25) is 4.79 Å². The van der Waals surface area contributed by atoms with Gasteiger partial charge in [0.05, 0.1) is 0 Å². The minimum absolute atomic E-state index is 0.0460. The minimum atomic E-state index is -0.470. The Labute approximate surface area is 160 Å². The van der Waals surface area contributed by atoms with Crippen molar-refractivity contribution >= 4 is 22.8 Å². The van der Waals surface area contributed by atoms with Crippen molar-refractivity contribution in [2.24, 2.45) is 5.92 Å². The van der Waals surface area contributed by atoms with Crippen molar-refractivity contribution in [1.29, 1.82) is 0 Å². The average Bonchev–Trinajstić information content (AvgIpc) is 2.64. The molecule has 27 heavy (non-hydrogen) atoms. The van der Waals surface area contributed by atoms with Gasteiger partial charge in [0.1, 0.15) is 5.60 Å². The molecule has 0 radical (unpaired) electrons. The molecule has 2 amide bonds. The van der Waals surface area contributed by atoms with Crippen molar-refractivity contribution in [3.05, 3.63) is 48.0 Å². The van der Waals surface area contributed by atoms with E-state index in [-0.39, 0.29) is 12.0 Å². The standard InChI is InChI=1S/C22H28N2O3/c1-22(2,3)27-21(26)24-12-10-16(11-13-24)15-23-20(25)19-9-8-17-6-4-5-7-18(17)14-19/h4-9,14,16H,10-13,15H2,1-3H3,(H,23,25). The topological polar surface area (TPSA) is 58.6 Å². The predicted molar refractivity (Wildman–Crippen MR) is 107 cm³/mol. The van der Waals surface area contributed by atoms with Crippen LogP contribution in [0.25, 0.3) is 10.8 Å². The molecule has 0 aliphatic carbocycles. The lowest BCUT2D eigenvalue weighted by Crippen LogP contribution is -2.43. The maximum absolute atomic E-state index is 12.5. The Hall–Kier alpha value is -2.56. The number of piperidine rings is 1. The average molecular weight is 368 g/mol. The van der Waals surface area contributed by atoms with Crippen LogP contribution in [0.15, 0.2) is 42.5 Å². The number of carbonyl (C=O) groups excluding carboxylic acids is 2. The highest BCUT2D eigenvalue weighted by atomic mass is 16.6. The van der Waals surface area contributed by atoms with Crippen LogP contribution in [0.4, 0.5) is 4.79 Å². The first-order valence-corrected chi connectivity index (χ1v) is 9.57. The smallest absolute Gasteiger partial charge is 0.410 e. The van der Waals surface area contributed by atoms with Gasteiger partial charge in [-0.25, -0.2) is 4.79 Å². The fourth-order valence-corrected chi connectivity index (χ4v) is 3.32. The van der Waals surface area contributed by atoms with Gasteiger partial charge >= 0.3 is 6.09 Å². The molecule has 1 saturated heterocycles. The fourth-order valence-electron chi connectivity index (χ4n) is 3.32. The van der Waals surface area contributed by atoms with Gasteiger partial charge in [0.2, 0.25) is 0 Å². The zero-order valence-corrected chi connectivity index (χ0v) is 16.3. The summed E-state index contributed by atoms with van der Waals surface area (Å²) in [5.74, 6) is 0.336. The summed E-state index contributed by atoms with van der Waals surface area (Å²) in [6, 6.07) is 13.8. The third kappa shape index (κ3) is 5.22. The summed E-state index contributed by atoms with van der Waals surface area (Å²) in [7, 11) is 0. The monoisotopic (exact) mass is 368 g/mol. The van der Waals surface area contributed by atoms with Crippen LogP contribution in [0.3, 0.4) is 0 Å². The summed E-state index contributed by atoms with van der Waals surface area (Å²) in [6.07, 6.45) is 1.50. The van der Waals surface area contributed by atoms with Crippen LogP contribution in [-0.4, -0.2) is 42.1 Å². The molecule has 5 heteroatoms. The summed E-state index contributed by atoms with van der Waals surface area (Å²) in [5, 5.41) is 5.24. The number of hydrogen-bond acceptors (Lipinski definition) is 3.